The number of carbonyl (C=O) groups excluding carboxylic acids is 3. The summed E-state index contributed by atoms with van der Waals surface area (Å²) in [5.74, 6) is 0.257. The molecule has 1 aliphatic rings. The highest BCUT2D eigenvalue weighted by molar-refractivity contribution is 5.97. The quantitative estimate of drug-likeness (QED) is 0.731. The molecule has 0 radical (unpaired) electrons. The number of ether oxygens (including phenoxy) is 1. The summed E-state index contributed by atoms with van der Waals surface area (Å²) in [6.07, 6.45) is 1.36. The van der Waals surface area contributed by atoms with E-state index in [9.17, 15) is 14.4 Å². The molecule has 2 rings (SSSR count). The van der Waals surface area contributed by atoms with Gasteiger partial charge in [-0.25, -0.2) is 0 Å². The van der Waals surface area contributed by atoms with E-state index < -0.39 is 6.04 Å². The zero-order valence-electron chi connectivity index (χ0n) is 18.0. The molecule has 1 fully saturated rings. The van der Waals surface area contributed by atoms with E-state index in [1.165, 1.54) is 0 Å². The first kappa shape index (κ1) is 22.7. The van der Waals surface area contributed by atoms with Crippen molar-refractivity contribution in [3.63, 3.8) is 0 Å². The van der Waals surface area contributed by atoms with Crippen LogP contribution in [0.2, 0.25) is 0 Å². The van der Waals surface area contributed by atoms with Gasteiger partial charge in [-0.2, -0.15) is 0 Å². The smallest absolute Gasteiger partial charge is 0.251 e. The number of likely N-dealkylation sites (tertiary alicyclic amines) is 1. The second kappa shape index (κ2) is 10.3. The third-order valence-electron chi connectivity index (χ3n) is 5.17. The molecule has 2 N–H and O–H groups in total. The molecule has 3 amide bonds. The fraction of sp³-hybridized carbons (Fsp3) is 0.591. The normalized spacial score (nSPS) is 15.9. The molecule has 1 atom stereocenters. The van der Waals surface area contributed by atoms with Crippen molar-refractivity contribution in [2.75, 3.05) is 20.2 Å². The maximum atomic E-state index is 12.8. The van der Waals surface area contributed by atoms with Crippen LogP contribution in [0.3, 0.4) is 0 Å². The highest BCUT2D eigenvalue weighted by Gasteiger charge is 2.34. The summed E-state index contributed by atoms with van der Waals surface area (Å²) in [7, 11) is 1.57. The molecule has 1 heterocycles. The molecule has 0 aromatic heterocycles. The first-order chi connectivity index (χ1) is 13.7. The minimum atomic E-state index is -0.636. The fourth-order valence-electron chi connectivity index (χ4n) is 3.56. The largest absolute Gasteiger partial charge is 0.497 e. The van der Waals surface area contributed by atoms with Crippen LogP contribution < -0.4 is 15.4 Å². The monoisotopic (exact) mass is 403 g/mol. The van der Waals surface area contributed by atoms with Crippen LogP contribution in [-0.4, -0.2) is 54.9 Å². The van der Waals surface area contributed by atoms with E-state index in [2.05, 4.69) is 10.6 Å². The van der Waals surface area contributed by atoms with Crippen LogP contribution in [0, 0.1) is 11.8 Å². The molecule has 1 saturated heterocycles. The molecule has 1 aromatic carbocycles. The molecule has 0 aliphatic carbocycles. The van der Waals surface area contributed by atoms with E-state index in [0.29, 0.717) is 37.2 Å². The Morgan fingerprint density at radius 2 is 1.59 bits per heavy atom. The van der Waals surface area contributed by atoms with Crippen LogP contribution in [-0.2, 0) is 9.59 Å². The molecule has 1 aliphatic heterocycles. The number of carbonyl (C=O) groups is 3. The highest BCUT2D eigenvalue weighted by atomic mass is 16.5. The summed E-state index contributed by atoms with van der Waals surface area (Å²) in [5, 5.41) is 5.83. The number of hydrogen-bond donors (Lipinski definition) is 2. The number of rotatable bonds is 7. The maximum absolute atomic E-state index is 12.8. The molecule has 7 nitrogen and oxygen atoms in total. The van der Waals surface area contributed by atoms with Crippen LogP contribution in [0.1, 0.15) is 50.9 Å². The first-order valence-corrected chi connectivity index (χ1v) is 10.3. The van der Waals surface area contributed by atoms with Crippen molar-refractivity contribution in [1.82, 2.24) is 15.5 Å². The molecule has 29 heavy (non-hydrogen) atoms. The zero-order valence-corrected chi connectivity index (χ0v) is 18.0. The summed E-state index contributed by atoms with van der Waals surface area (Å²) in [4.78, 5) is 39.7. The first-order valence-electron chi connectivity index (χ1n) is 10.3. The zero-order chi connectivity index (χ0) is 21.6. The van der Waals surface area contributed by atoms with Crippen LogP contribution in [0.5, 0.6) is 5.75 Å². The second-order valence-corrected chi connectivity index (χ2v) is 8.16. The van der Waals surface area contributed by atoms with Crippen LogP contribution in [0.4, 0.5) is 0 Å². The Balaban J connectivity index is 2.10. The van der Waals surface area contributed by atoms with E-state index in [4.69, 9.17) is 4.74 Å². The number of benzene rings is 1. The van der Waals surface area contributed by atoms with Crippen LogP contribution in [0.15, 0.2) is 24.3 Å². The maximum Gasteiger partial charge on any atom is 0.251 e. The lowest BCUT2D eigenvalue weighted by atomic mass is 9.88. The average molecular weight is 404 g/mol. The fourth-order valence-corrected chi connectivity index (χ4v) is 3.56. The molecule has 0 spiro atoms. The average Bonchev–Trinajstić information content (AvgIpc) is 2.70. The molecule has 0 bridgehead atoms. The molecule has 7 heteroatoms. The van der Waals surface area contributed by atoms with E-state index in [-0.39, 0.29) is 35.6 Å². The van der Waals surface area contributed by atoms with Gasteiger partial charge in [-0.1, -0.05) is 13.8 Å². The number of methoxy groups -OCH3 is 1. The van der Waals surface area contributed by atoms with Crippen molar-refractivity contribution in [3.8, 4) is 5.75 Å². The van der Waals surface area contributed by atoms with E-state index in [0.717, 1.165) is 0 Å². The Labute approximate surface area is 173 Å². The standard InChI is InChI=1S/C22H33N3O4/c1-14(2)22(28)25-12-10-16(11-13-25)19(21(27)23-15(3)4)24-20(26)17-6-8-18(29-5)9-7-17/h6-9,14-16,19H,10-13H2,1-5H3,(H,23,27)(H,24,26)/t19-/m0/s1. The molecule has 0 saturated carbocycles. The second-order valence-electron chi connectivity index (χ2n) is 8.16. The Morgan fingerprint density at radius 3 is 2.07 bits per heavy atom. The number of nitrogens with zero attached hydrogens (tertiary/aromatic N) is 1. The Hall–Kier alpha value is -2.57. The van der Waals surface area contributed by atoms with Crippen molar-refractivity contribution in [2.24, 2.45) is 11.8 Å². The van der Waals surface area contributed by atoms with Crippen molar-refractivity contribution in [3.05, 3.63) is 29.8 Å². The minimum absolute atomic E-state index is 0.0211. The van der Waals surface area contributed by atoms with Crippen molar-refractivity contribution in [2.45, 2.75) is 52.6 Å². The van der Waals surface area contributed by atoms with Gasteiger partial charge in [0.2, 0.25) is 11.8 Å². The number of hydrogen-bond acceptors (Lipinski definition) is 4. The van der Waals surface area contributed by atoms with Gasteiger partial charge in [0.25, 0.3) is 5.91 Å². The van der Waals surface area contributed by atoms with Crippen LogP contribution in [0.25, 0.3) is 0 Å². The number of nitrogens with one attached hydrogen (secondary N) is 2. The predicted molar refractivity (Wildman–Crippen MR) is 112 cm³/mol. The van der Waals surface area contributed by atoms with E-state index >= 15 is 0 Å². The molecule has 1 aromatic rings. The minimum Gasteiger partial charge on any atom is -0.497 e. The summed E-state index contributed by atoms with van der Waals surface area (Å²) < 4.78 is 5.13. The summed E-state index contributed by atoms with van der Waals surface area (Å²) in [6, 6.07) is 6.13. The lowest BCUT2D eigenvalue weighted by molar-refractivity contribution is -0.136. The number of amides is 3. The van der Waals surface area contributed by atoms with Crippen molar-refractivity contribution in [1.29, 1.82) is 0 Å². The van der Waals surface area contributed by atoms with Gasteiger partial charge in [0.05, 0.1) is 7.11 Å². The SMILES string of the molecule is COc1ccc(C(=O)N[C@H](C(=O)NC(C)C)C2CCN(C(=O)C(C)C)CC2)cc1. The molecule has 160 valence electrons. The summed E-state index contributed by atoms with van der Waals surface area (Å²) >= 11 is 0. The number of piperidine rings is 1. The van der Waals surface area contributed by atoms with Gasteiger partial charge >= 0.3 is 0 Å². The Bertz CT molecular complexity index is 707. The van der Waals surface area contributed by atoms with Crippen LogP contribution >= 0.6 is 0 Å². The topological polar surface area (TPSA) is 87.7 Å². The van der Waals surface area contributed by atoms with Gasteiger partial charge in [-0.05, 0) is 56.9 Å². The van der Waals surface area contributed by atoms with Gasteiger partial charge in [-0.3, -0.25) is 14.4 Å². The third-order valence-corrected chi connectivity index (χ3v) is 5.17. The van der Waals surface area contributed by atoms with Gasteiger partial charge in [0.15, 0.2) is 0 Å². The van der Waals surface area contributed by atoms with E-state index in [1.54, 1.807) is 31.4 Å². The highest BCUT2D eigenvalue weighted by Crippen LogP contribution is 2.23. The predicted octanol–water partition coefficient (Wildman–Crippen LogP) is 2.21. The Kier molecular flexibility index (Phi) is 8.05. The summed E-state index contributed by atoms with van der Waals surface area (Å²) in [6.45, 7) is 8.77. The van der Waals surface area contributed by atoms with Gasteiger partial charge in [0, 0.05) is 30.6 Å². The summed E-state index contributed by atoms with van der Waals surface area (Å²) in [5.41, 5.74) is 0.473. The lowest BCUT2D eigenvalue weighted by Gasteiger charge is -2.36. The molecular weight excluding hydrogens is 370 g/mol. The van der Waals surface area contributed by atoms with Gasteiger partial charge in [0.1, 0.15) is 11.8 Å². The lowest BCUT2D eigenvalue weighted by Crippen LogP contribution is -2.55. The van der Waals surface area contributed by atoms with Crippen molar-refractivity contribution < 1.29 is 19.1 Å². The van der Waals surface area contributed by atoms with Gasteiger partial charge < -0.3 is 20.3 Å². The third kappa shape index (κ3) is 6.21. The van der Waals surface area contributed by atoms with E-state index in [1.807, 2.05) is 32.6 Å². The van der Waals surface area contributed by atoms with Crippen molar-refractivity contribution >= 4 is 17.7 Å². The van der Waals surface area contributed by atoms with Gasteiger partial charge in [-0.15, -0.1) is 0 Å². The molecular formula is C22H33N3O4. The Morgan fingerprint density at radius 1 is 1.00 bits per heavy atom. The molecule has 0 unspecified atom stereocenters.